The van der Waals surface area contributed by atoms with Gasteiger partial charge in [0, 0.05) is 17.5 Å². The molecule has 2 amide bonds. The second-order valence-electron chi connectivity index (χ2n) is 7.74. The van der Waals surface area contributed by atoms with Crippen LogP contribution in [0.2, 0.25) is 0 Å². The fourth-order valence-electron chi connectivity index (χ4n) is 3.53. The number of nitrogens with one attached hydrogen (secondary N) is 1. The van der Waals surface area contributed by atoms with Crippen molar-refractivity contribution < 1.29 is 9.59 Å². The van der Waals surface area contributed by atoms with E-state index < -0.39 is 5.54 Å². The third-order valence-electron chi connectivity index (χ3n) is 5.38. The normalized spacial score (nSPS) is 18.1. The number of anilines is 1. The van der Waals surface area contributed by atoms with Gasteiger partial charge in [-0.25, -0.2) is 4.99 Å². The lowest BCUT2D eigenvalue weighted by atomic mass is 9.94. The number of nitrogens with two attached hydrogens (primary N) is 1. The first-order valence-corrected chi connectivity index (χ1v) is 10.8. The lowest BCUT2D eigenvalue weighted by Crippen LogP contribution is -2.47. The van der Waals surface area contributed by atoms with E-state index in [9.17, 15) is 14.9 Å². The Labute approximate surface area is 189 Å². The molecule has 2 heterocycles. The van der Waals surface area contributed by atoms with Crippen LogP contribution in [0.25, 0.3) is 10.4 Å². The van der Waals surface area contributed by atoms with Crippen LogP contribution < -0.4 is 11.1 Å². The summed E-state index contributed by atoms with van der Waals surface area (Å²) in [4.78, 5) is 32.8. The zero-order chi connectivity index (χ0) is 22.9. The molecular formula is C24H21N5O2S. The summed E-state index contributed by atoms with van der Waals surface area (Å²) in [5, 5.41) is 12.3. The fourth-order valence-corrected chi connectivity index (χ4v) is 4.73. The second-order valence-corrected chi connectivity index (χ2v) is 8.79. The summed E-state index contributed by atoms with van der Waals surface area (Å²) in [6.07, 6.45) is 0.161. The lowest BCUT2D eigenvalue weighted by Gasteiger charge is -2.32. The molecule has 1 aliphatic heterocycles. The number of amides is 2. The maximum atomic E-state index is 12.9. The number of carbonyl (C=O) groups is 2. The zero-order valence-corrected chi connectivity index (χ0v) is 18.4. The van der Waals surface area contributed by atoms with E-state index in [-0.39, 0.29) is 24.2 Å². The fraction of sp³-hybridized carbons (Fsp3) is 0.167. The molecule has 0 aliphatic carbocycles. The van der Waals surface area contributed by atoms with Crippen molar-refractivity contribution in [1.82, 2.24) is 4.90 Å². The lowest BCUT2D eigenvalue weighted by molar-refractivity contribution is -0.128. The molecule has 3 aromatic rings. The van der Waals surface area contributed by atoms with E-state index in [2.05, 4.69) is 16.4 Å². The Balaban J connectivity index is 1.81. The van der Waals surface area contributed by atoms with Crippen molar-refractivity contribution in [2.24, 2.45) is 10.7 Å². The van der Waals surface area contributed by atoms with Gasteiger partial charge in [0.25, 0.3) is 5.91 Å². The molecule has 7 nitrogen and oxygen atoms in total. The standard InChI is InChI=1S/C24H21N5O2S/c1-24(13-20(30)29(2)23(26)28-24)19-12-18(27-22(31)16-8-4-3-5-9-16)21(32-19)17-10-6-7-15(11-17)14-25/h3-12H,13H2,1-2H3,(H2,26,28)(H,27,31)/t24-/m0/s1. The molecule has 1 aliphatic rings. The summed E-state index contributed by atoms with van der Waals surface area (Å²) < 4.78 is 0. The molecule has 160 valence electrons. The molecule has 3 N–H and O–H groups in total. The van der Waals surface area contributed by atoms with Crippen LogP contribution >= 0.6 is 11.3 Å². The van der Waals surface area contributed by atoms with Crippen LogP contribution in [-0.2, 0) is 10.3 Å². The molecule has 4 rings (SSSR count). The van der Waals surface area contributed by atoms with E-state index in [0.29, 0.717) is 16.8 Å². The second kappa shape index (κ2) is 8.29. The third kappa shape index (κ3) is 3.98. The first-order valence-electron chi connectivity index (χ1n) is 9.94. The van der Waals surface area contributed by atoms with Gasteiger partial charge in [0.05, 0.1) is 28.6 Å². The van der Waals surface area contributed by atoms with Gasteiger partial charge in [0.2, 0.25) is 5.91 Å². The Morgan fingerprint density at radius 1 is 1.22 bits per heavy atom. The van der Waals surface area contributed by atoms with E-state index in [0.717, 1.165) is 15.3 Å². The highest BCUT2D eigenvalue weighted by molar-refractivity contribution is 7.16. The smallest absolute Gasteiger partial charge is 0.255 e. The summed E-state index contributed by atoms with van der Waals surface area (Å²) in [5.74, 6) is -0.225. The summed E-state index contributed by atoms with van der Waals surface area (Å²) in [6.45, 7) is 1.86. The molecular weight excluding hydrogens is 422 g/mol. The van der Waals surface area contributed by atoms with Gasteiger partial charge in [0.15, 0.2) is 5.96 Å². The highest BCUT2D eigenvalue weighted by atomic mass is 32.1. The maximum absolute atomic E-state index is 12.9. The first-order chi connectivity index (χ1) is 15.3. The van der Waals surface area contributed by atoms with Crippen molar-refractivity contribution in [3.8, 4) is 16.5 Å². The Morgan fingerprint density at radius 2 is 1.97 bits per heavy atom. The predicted octanol–water partition coefficient (Wildman–Crippen LogP) is 3.93. The maximum Gasteiger partial charge on any atom is 0.255 e. The van der Waals surface area contributed by atoms with Gasteiger partial charge >= 0.3 is 0 Å². The van der Waals surface area contributed by atoms with Crippen molar-refractivity contribution in [2.45, 2.75) is 18.9 Å². The van der Waals surface area contributed by atoms with Gasteiger partial charge < -0.3 is 11.1 Å². The molecule has 0 unspecified atom stereocenters. The van der Waals surface area contributed by atoms with Crippen LogP contribution in [0.5, 0.6) is 0 Å². The summed E-state index contributed by atoms with van der Waals surface area (Å²) in [6, 6.07) is 20.1. The molecule has 0 saturated heterocycles. The molecule has 1 aromatic heterocycles. The number of hydrogen-bond donors (Lipinski definition) is 2. The number of carbonyl (C=O) groups excluding carboxylic acids is 2. The van der Waals surface area contributed by atoms with E-state index in [4.69, 9.17) is 5.73 Å². The van der Waals surface area contributed by atoms with E-state index in [1.54, 1.807) is 49.5 Å². The minimum Gasteiger partial charge on any atom is -0.369 e. The van der Waals surface area contributed by atoms with E-state index in [1.165, 1.54) is 16.2 Å². The number of aliphatic imine (C=N–C) groups is 1. The summed E-state index contributed by atoms with van der Waals surface area (Å²) >= 11 is 1.42. The van der Waals surface area contributed by atoms with Gasteiger partial charge in [-0.2, -0.15) is 5.26 Å². The Bertz CT molecular complexity index is 1280. The molecule has 0 spiro atoms. The van der Waals surface area contributed by atoms with Gasteiger partial charge in [-0.15, -0.1) is 11.3 Å². The topological polar surface area (TPSA) is 112 Å². The summed E-state index contributed by atoms with van der Waals surface area (Å²) in [7, 11) is 1.60. The third-order valence-corrected chi connectivity index (χ3v) is 6.81. The molecule has 0 bridgehead atoms. The van der Waals surface area contributed by atoms with Crippen LogP contribution in [0, 0.1) is 11.3 Å². The molecule has 0 radical (unpaired) electrons. The van der Waals surface area contributed by atoms with E-state index >= 15 is 0 Å². The Kier molecular flexibility index (Phi) is 5.51. The molecule has 8 heteroatoms. The number of nitriles is 1. The highest BCUT2D eigenvalue weighted by Gasteiger charge is 2.38. The van der Waals surface area contributed by atoms with Crippen molar-refractivity contribution >= 4 is 34.8 Å². The van der Waals surface area contributed by atoms with E-state index in [1.807, 2.05) is 25.1 Å². The largest absolute Gasteiger partial charge is 0.369 e. The number of benzene rings is 2. The first kappa shape index (κ1) is 21.3. The average molecular weight is 444 g/mol. The monoisotopic (exact) mass is 443 g/mol. The van der Waals surface area contributed by atoms with Gasteiger partial charge in [-0.1, -0.05) is 30.3 Å². The van der Waals surface area contributed by atoms with Crippen LogP contribution in [0.1, 0.15) is 34.1 Å². The number of rotatable bonds is 4. The molecule has 2 aromatic carbocycles. The van der Waals surface area contributed by atoms with Gasteiger partial charge in [0.1, 0.15) is 5.54 Å². The van der Waals surface area contributed by atoms with Crippen molar-refractivity contribution in [3.05, 3.63) is 76.7 Å². The van der Waals surface area contributed by atoms with Crippen LogP contribution in [0.15, 0.2) is 65.7 Å². The zero-order valence-electron chi connectivity index (χ0n) is 17.6. The SMILES string of the molecule is CN1C(=O)C[C@@](C)(c2cc(NC(=O)c3ccccc3)c(-c3cccc(C#N)c3)s2)N=C1N. The van der Waals surface area contributed by atoms with Crippen molar-refractivity contribution in [1.29, 1.82) is 5.26 Å². The molecule has 0 fully saturated rings. The number of guanidine groups is 1. The minimum atomic E-state index is -0.852. The quantitative estimate of drug-likeness (QED) is 0.636. The number of thiophene rings is 1. The molecule has 0 saturated carbocycles. The highest BCUT2D eigenvalue weighted by Crippen LogP contribution is 2.45. The van der Waals surface area contributed by atoms with Crippen molar-refractivity contribution in [2.75, 3.05) is 12.4 Å². The number of nitrogens with zero attached hydrogens (tertiary/aromatic N) is 3. The summed E-state index contributed by atoms with van der Waals surface area (Å²) in [5.41, 5.74) is 7.56. The van der Waals surface area contributed by atoms with Crippen molar-refractivity contribution in [3.63, 3.8) is 0 Å². The number of hydrogen-bond acceptors (Lipinski definition) is 6. The van der Waals surface area contributed by atoms with Crippen LogP contribution in [-0.4, -0.2) is 29.7 Å². The Morgan fingerprint density at radius 3 is 2.66 bits per heavy atom. The predicted molar refractivity (Wildman–Crippen MR) is 125 cm³/mol. The molecule has 32 heavy (non-hydrogen) atoms. The Hall–Kier alpha value is -3.96. The molecule has 1 atom stereocenters. The van der Waals surface area contributed by atoms with Crippen LogP contribution in [0.3, 0.4) is 0 Å². The minimum absolute atomic E-state index is 0.128. The van der Waals surface area contributed by atoms with Crippen LogP contribution in [0.4, 0.5) is 5.69 Å². The van der Waals surface area contributed by atoms with Gasteiger partial charge in [-0.05, 0) is 42.8 Å². The van der Waals surface area contributed by atoms with Gasteiger partial charge in [-0.3, -0.25) is 14.5 Å². The average Bonchev–Trinajstić information content (AvgIpc) is 3.22.